The Kier molecular flexibility index (Phi) is 7.63. The van der Waals surface area contributed by atoms with Crippen molar-refractivity contribution in [2.75, 3.05) is 26.0 Å². The van der Waals surface area contributed by atoms with Crippen LogP contribution in [0.5, 0.6) is 0 Å². The van der Waals surface area contributed by atoms with Crippen LogP contribution >= 0.6 is 7.60 Å². The Bertz CT molecular complexity index is 491. The maximum Gasteiger partial charge on any atom is 0.344 e. The van der Waals surface area contributed by atoms with Crippen LogP contribution in [0.3, 0.4) is 0 Å². The molecule has 0 spiro atoms. The van der Waals surface area contributed by atoms with Gasteiger partial charge in [-0.05, 0) is 26.3 Å². The normalized spacial score (nSPS) is 13.1. The molecule has 0 aliphatic rings. The minimum Gasteiger partial charge on any atom is -0.308 e. The Hall–Kier alpha value is -1.18. The largest absolute Gasteiger partial charge is 0.344 e. The number of nitriles is 1. The molecule has 0 heterocycles. The predicted octanol–water partition coefficient (Wildman–Crippen LogP) is 3.80. The van der Waals surface area contributed by atoms with Crippen molar-refractivity contribution in [2.24, 2.45) is 0 Å². The minimum atomic E-state index is -3.20. The van der Waals surface area contributed by atoms with Gasteiger partial charge in [0.1, 0.15) is 6.29 Å². The molecule has 0 radical (unpaired) electrons. The Morgan fingerprint density at radius 2 is 1.81 bits per heavy atom. The van der Waals surface area contributed by atoms with Crippen LogP contribution < -0.4 is 0 Å². The van der Waals surface area contributed by atoms with Gasteiger partial charge >= 0.3 is 7.60 Å². The van der Waals surface area contributed by atoms with Crippen LogP contribution in [-0.4, -0.2) is 30.9 Å². The van der Waals surface area contributed by atoms with E-state index in [0.29, 0.717) is 13.2 Å². The van der Waals surface area contributed by atoms with Gasteiger partial charge in [0.05, 0.1) is 25.8 Å². The lowest BCUT2D eigenvalue weighted by molar-refractivity contribution is 0.186. The fourth-order valence-electron chi connectivity index (χ4n) is 2.08. The van der Waals surface area contributed by atoms with E-state index in [1.54, 1.807) is 13.8 Å². The Morgan fingerprint density at radius 3 is 2.29 bits per heavy atom. The SMILES string of the molecule is CCOP(=O)(CN(CC#N)C(C)c1ccccc1)OCC. The summed E-state index contributed by atoms with van der Waals surface area (Å²) in [5, 5.41) is 9.03. The molecule has 0 fully saturated rings. The van der Waals surface area contributed by atoms with Gasteiger partial charge in [-0.1, -0.05) is 30.3 Å². The molecule has 1 unspecified atom stereocenters. The molecule has 0 aliphatic carbocycles. The Labute approximate surface area is 127 Å². The first-order chi connectivity index (χ1) is 10.1. The second kappa shape index (κ2) is 8.96. The molecular formula is C15H23N2O3P. The lowest BCUT2D eigenvalue weighted by atomic mass is 10.1. The molecule has 0 saturated carbocycles. The molecule has 0 N–H and O–H groups in total. The van der Waals surface area contributed by atoms with Gasteiger partial charge in [-0.25, -0.2) is 0 Å². The first-order valence-corrected chi connectivity index (χ1v) is 8.83. The minimum absolute atomic E-state index is 0.0416. The molecule has 1 rings (SSSR count). The van der Waals surface area contributed by atoms with Crippen LogP contribution in [0, 0.1) is 11.3 Å². The molecule has 0 amide bonds. The van der Waals surface area contributed by atoms with Gasteiger partial charge in [0, 0.05) is 6.04 Å². The Balaban J connectivity index is 2.90. The van der Waals surface area contributed by atoms with Crippen molar-refractivity contribution in [3.8, 4) is 6.07 Å². The first-order valence-electron chi connectivity index (χ1n) is 7.10. The fourth-order valence-corrected chi connectivity index (χ4v) is 3.89. The molecular weight excluding hydrogens is 287 g/mol. The van der Waals surface area contributed by atoms with E-state index < -0.39 is 7.60 Å². The van der Waals surface area contributed by atoms with Crippen molar-refractivity contribution >= 4 is 7.60 Å². The highest BCUT2D eigenvalue weighted by Gasteiger charge is 2.29. The second-order valence-electron chi connectivity index (χ2n) is 4.58. The highest BCUT2D eigenvalue weighted by Crippen LogP contribution is 2.49. The number of benzene rings is 1. The third-order valence-electron chi connectivity index (χ3n) is 3.11. The average Bonchev–Trinajstić information content (AvgIpc) is 2.47. The van der Waals surface area contributed by atoms with Gasteiger partial charge in [-0.2, -0.15) is 5.26 Å². The molecule has 0 bridgehead atoms. The average molecular weight is 310 g/mol. The summed E-state index contributed by atoms with van der Waals surface area (Å²) >= 11 is 0. The van der Waals surface area contributed by atoms with E-state index in [4.69, 9.17) is 14.3 Å². The summed E-state index contributed by atoms with van der Waals surface area (Å²) in [7, 11) is -3.20. The molecule has 6 heteroatoms. The number of nitrogens with zero attached hydrogens (tertiary/aromatic N) is 2. The van der Waals surface area contributed by atoms with Gasteiger partial charge in [0.25, 0.3) is 0 Å². The van der Waals surface area contributed by atoms with Gasteiger partial charge < -0.3 is 9.05 Å². The number of hydrogen-bond donors (Lipinski definition) is 0. The third-order valence-corrected chi connectivity index (χ3v) is 5.12. The maximum absolute atomic E-state index is 12.6. The highest BCUT2D eigenvalue weighted by molar-refractivity contribution is 7.53. The lowest BCUT2D eigenvalue weighted by Gasteiger charge is -2.30. The highest BCUT2D eigenvalue weighted by atomic mass is 31.2. The molecule has 0 saturated heterocycles. The summed E-state index contributed by atoms with van der Waals surface area (Å²) in [6, 6.07) is 11.9. The van der Waals surface area contributed by atoms with Gasteiger partial charge in [0.2, 0.25) is 0 Å². The fraction of sp³-hybridized carbons (Fsp3) is 0.533. The quantitative estimate of drug-likeness (QED) is 0.513. The number of hydrogen-bond acceptors (Lipinski definition) is 5. The maximum atomic E-state index is 12.6. The van der Waals surface area contributed by atoms with Crippen molar-refractivity contribution in [1.82, 2.24) is 4.90 Å². The van der Waals surface area contributed by atoms with Gasteiger partial charge in [0.15, 0.2) is 0 Å². The Morgan fingerprint density at radius 1 is 1.24 bits per heavy atom. The molecule has 1 aromatic carbocycles. The smallest absolute Gasteiger partial charge is 0.308 e. The molecule has 116 valence electrons. The van der Waals surface area contributed by atoms with Crippen molar-refractivity contribution in [3.63, 3.8) is 0 Å². The summed E-state index contributed by atoms with van der Waals surface area (Å²) < 4.78 is 23.3. The van der Waals surface area contributed by atoms with Crippen molar-refractivity contribution in [3.05, 3.63) is 35.9 Å². The van der Waals surface area contributed by atoms with E-state index in [9.17, 15) is 4.57 Å². The molecule has 21 heavy (non-hydrogen) atoms. The van der Waals surface area contributed by atoms with Crippen LogP contribution in [-0.2, 0) is 13.6 Å². The van der Waals surface area contributed by atoms with E-state index in [-0.39, 0.29) is 18.9 Å². The topological polar surface area (TPSA) is 62.6 Å². The van der Waals surface area contributed by atoms with Crippen molar-refractivity contribution in [2.45, 2.75) is 26.8 Å². The van der Waals surface area contributed by atoms with Crippen molar-refractivity contribution < 1.29 is 13.6 Å². The van der Waals surface area contributed by atoms with Crippen molar-refractivity contribution in [1.29, 1.82) is 5.26 Å². The molecule has 5 nitrogen and oxygen atoms in total. The van der Waals surface area contributed by atoms with Gasteiger partial charge in [-0.3, -0.25) is 9.46 Å². The summed E-state index contributed by atoms with van der Waals surface area (Å²) in [6.07, 6.45) is 0.109. The summed E-state index contributed by atoms with van der Waals surface area (Å²) in [5.74, 6) is 0. The monoisotopic (exact) mass is 310 g/mol. The summed E-state index contributed by atoms with van der Waals surface area (Å²) in [5.41, 5.74) is 1.06. The predicted molar refractivity (Wildman–Crippen MR) is 82.9 cm³/mol. The van der Waals surface area contributed by atoms with E-state index >= 15 is 0 Å². The third kappa shape index (κ3) is 5.61. The number of rotatable bonds is 9. The zero-order valence-corrected chi connectivity index (χ0v) is 13.8. The van der Waals surface area contributed by atoms with Crippen LogP contribution in [0.15, 0.2) is 30.3 Å². The standard InChI is InChI=1S/C15H23N2O3P/c1-4-19-21(18,20-5-2)13-17(12-11-16)14(3)15-9-7-6-8-10-15/h6-10,14H,4-5,12-13H2,1-3H3. The second-order valence-corrected chi connectivity index (χ2v) is 6.60. The van der Waals surface area contributed by atoms with Crippen LogP contribution in [0.2, 0.25) is 0 Å². The van der Waals surface area contributed by atoms with E-state index in [1.807, 2.05) is 42.2 Å². The zero-order chi connectivity index (χ0) is 15.7. The zero-order valence-electron chi connectivity index (χ0n) is 12.9. The van der Waals surface area contributed by atoms with E-state index in [1.165, 1.54) is 0 Å². The molecule has 0 aromatic heterocycles. The summed E-state index contributed by atoms with van der Waals surface area (Å²) in [6.45, 7) is 6.34. The molecule has 0 aliphatic heterocycles. The van der Waals surface area contributed by atoms with Crippen LogP contribution in [0.1, 0.15) is 32.4 Å². The lowest BCUT2D eigenvalue weighted by Crippen LogP contribution is -2.29. The van der Waals surface area contributed by atoms with E-state index in [2.05, 4.69) is 6.07 Å². The summed E-state index contributed by atoms with van der Waals surface area (Å²) in [4.78, 5) is 1.82. The molecule has 1 atom stereocenters. The van der Waals surface area contributed by atoms with E-state index in [0.717, 1.165) is 5.56 Å². The molecule has 1 aromatic rings. The first kappa shape index (κ1) is 17.9. The van der Waals surface area contributed by atoms with Gasteiger partial charge in [-0.15, -0.1) is 0 Å². The van der Waals surface area contributed by atoms with Crippen LogP contribution in [0.4, 0.5) is 0 Å². The van der Waals surface area contributed by atoms with Crippen LogP contribution in [0.25, 0.3) is 0 Å².